The number of rotatable bonds is 4. The number of hydrogen-bond donors (Lipinski definition) is 2. The minimum Gasteiger partial charge on any atom is -0.444 e. The van der Waals surface area contributed by atoms with Gasteiger partial charge in [-0.05, 0) is 140 Å². The molecule has 2 fully saturated rings. The zero-order valence-corrected chi connectivity index (χ0v) is 46.3. The van der Waals surface area contributed by atoms with E-state index < -0.39 is 11.2 Å². The Morgan fingerprint density at radius 3 is 1.60 bits per heavy atom. The highest BCUT2D eigenvalue weighted by molar-refractivity contribution is 6.29. The topological polar surface area (TPSA) is 210 Å². The van der Waals surface area contributed by atoms with Crippen LogP contribution in [0.1, 0.15) is 141 Å². The van der Waals surface area contributed by atoms with Crippen molar-refractivity contribution in [3.63, 3.8) is 0 Å². The summed E-state index contributed by atoms with van der Waals surface area (Å²) in [5.74, 6) is 3.16. The molecule has 0 bridgehead atoms. The molecule has 10 heterocycles. The highest BCUT2D eigenvalue weighted by Gasteiger charge is 2.30. The molecule has 3 N–H and O–H groups in total. The van der Waals surface area contributed by atoms with Crippen molar-refractivity contribution in [1.29, 1.82) is 0 Å². The molecular formula is C58H71ClN14O4. The lowest BCUT2D eigenvalue weighted by atomic mass is 9.87. The summed E-state index contributed by atoms with van der Waals surface area (Å²) in [5.41, 5.74) is 13.0. The molecule has 12 rings (SSSR count). The summed E-state index contributed by atoms with van der Waals surface area (Å²) in [5, 5.41) is 8.25. The smallest absolute Gasteiger partial charge is 0.410 e. The molecule has 2 saturated carbocycles. The van der Waals surface area contributed by atoms with Crippen LogP contribution in [0.3, 0.4) is 0 Å². The number of nitrogens with two attached hydrogens (primary N) is 1. The molecule has 0 radical (unpaired) electrons. The van der Waals surface area contributed by atoms with Crippen molar-refractivity contribution in [3.8, 4) is 0 Å². The first-order valence-corrected chi connectivity index (χ1v) is 27.5. The molecule has 2 amide bonds. The number of pyridine rings is 4. The van der Waals surface area contributed by atoms with Gasteiger partial charge in [0.2, 0.25) is 11.9 Å². The fourth-order valence-corrected chi connectivity index (χ4v) is 11.3. The Morgan fingerprint density at radius 2 is 1.08 bits per heavy atom. The molecule has 77 heavy (non-hydrogen) atoms. The van der Waals surface area contributed by atoms with Crippen molar-refractivity contribution >= 4 is 85.4 Å². The number of carbonyl (C=O) groups excluding carboxylic acids is 2. The standard InChI is InChI=1S/C29H35N7O2.C16H19N5.C13H17ClN2O2/c1-18-5-8-20(9-6-18)36-24-16-30-13-11-21(24)22-15-31-27(34-26(22)36)33-25-10-7-19-17-35(14-12-23(19)32-25)28(37)38-29(2,3)4;1-10-2-4-11(5-3-10)21-14-9-18-7-6-12(14)13-8-19-16(17)20-15(13)21;1-13(2,3)18-12(17)16-7-6-10-9(8-16)4-5-11(14)15-10/h7,10-11,13,15-16,18,20H,5-6,8-9,12,14,17H2,1-4H3,(H,31,32,33,34);6-11H,2-5H2,1H3,(H2,17,19,20);4-5H,6-8H2,1-3H3. The number of anilines is 3. The van der Waals surface area contributed by atoms with Crippen LogP contribution in [0.5, 0.6) is 0 Å². The summed E-state index contributed by atoms with van der Waals surface area (Å²) >= 11 is 5.85. The molecule has 0 spiro atoms. The maximum absolute atomic E-state index is 12.5. The molecule has 2 aliphatic carbocycles. The Hall–Kier alpha value is -7.21. The normalized spacial score (nSPS) is 19.6. The zero-order chi connectivity index (χ0) is 54.2. The van der Waals surface area contributed by atoms with Crippen molar-refractivity contribution in [1.82, 2.24) is 58.8 Å². The third-order valence-electron chi connectivity index (χ3n) is 15.0. The number of halogens is 1. The minimum atomic E-state index is -0.512. The minimum absolute atomic E-state index is 0.275. The Bertz CT molecular complexity index is 3440. The van der Waals surface area contributed by atoms with E-state index in [4.69, 9.17) is 36.8 Å². The van der Waals surface area contributed by atoms with Gasteiger partial charge in [0.15, 0.2) is 0 Å². The molecule has 0 saturated heterocycles. The Kier molecular flexibility index (Phi) is 15.2. The van der Waals surface area contributed by atoms with Crippen LogP contribution >= 0.6 is 11.6 Å². The average molecular weight is 1060 g/mol. The fraction of sp³-hybridized carbons (Fsp3) is 0.483. The second-order valence-corrected chi connectivity index (χ2v) is 23.6. The molecule has 8 aromatic heterocycles. The number of hydrogen-bond acceptors (Lipinski definition) is 14. The van der Waals surface area contributed by atoms with Gasteiger partial charge >= 0.3 is 12.2 Å². The van der Waals surface area contributed by atoms with Gasteiger partial charge in [0.05, 0.1) is 36.5 Å². The first-order valence-electron chi connectivity index (χ1n) is 27.2. The van der Waals surface area contributed by atoms with Gasteiger partial charge in [-0.3, -0.25) is 9.97 Å². The Balaban J connectivity index is 0.000000145. The van der Waals surface area contributed by atoms with Crippen molar-refractivity contribution in [2.75, 3.05) is 24.1 Å². The number of aromatic nitrogens is 10. The van der Waals surface area contributed by atoms with E-state index in [9.17, 15) is 9.59 Å². The van der Waals surface area contributed by atoms with E-state index in [2.05, 4.69) is 64.3 Å². The number of nitrogen functional groups attached to an aromatic ring is 1. The van der Waals surface area contributed by atoms with Gasteiger partial charge in [0, 0.05) is 95.7 Å². The number of fused-ring (bicyclic) bond motifs is 8. The van der Waals surface area contributed by atoms with Crippen LogP contribution < -0.4 is 11.1 Å². The van der Waals surface area contributed by atoms with Crippen LogP contribution in [0, 0.1) is 11.8 Å². The summed E-state index contributed by atoms with van der Waals surface area (Å²) in [6.07, 6.45) is 21.8. The average Bonchev–Trinajstić information content (AvgIpc) is 3.90. The molecule has 2 aliphatic heterocycles. The molecule has 19 heteroatoms. The predicted octanol–water partition coefficient (Wildman–Crippen LogP) is 12.5. The third-order valence-corrected chi connectivity index (χ3v) is 15.2. The summed E-state index contributed by atoms with van der Waals surface area (Å²) in [6, 6.07) is 12.6. The fourth-order valence-electron chi connectivity index (χ4n) is 11.1. The van der Waals surface area contributed by atoms with Gasteiger partial charge in [-0.25, -0.2) is 29.5 Å². The number of nitrogens with one attached hydrogen (secondary N) is 1. The van der Waals surface area contributed by atoms with E-state index in [1.54, 1.807) is 15.9 Å². The first kappa shape index (κ1) is 53.2. The van der Waals surface area contributed by atoms with Crippen molar-refractivity contribution in [3.05, 3.63) is 101 Å². The Morgan fingerprint density at radius 1 is 0.597 bits per heavy atom. The van der Waals surface area contributed by atoms with E-state index in [-0.39, 0.29) is 12.2 Å². The Labute approximate surface area is 454 Å². The van der Waals surface area contributed by atoms with Crippen LogP contribution in [-0.4, -0.2) is 95.3 Å². The van der Waals surface area contributed by atoms with Gasteiger partial charge in [-0.1, -0.05) is 37.6 Å². The third kappa shape index (κ3) is 12.2. The van der Waals surface area contributed by atoms with Gasteiger partial charge in [0.1, 0.15) is 33.5 Å². The molecule has 0 atom stereocenters. The van der Waals surface area contributed by atoms with Crippen LogP contribution in [0.25, 0.3) is 43.9 Å². The highest BCUT2D eigenvalue weighted by atomic mass is 35.5. The van der Waals surface area contributed by atoms with E-state index in [0.29, 0.717) is 67.6 Å². The highest BCUT2D eigenvalue weighted by Crippen LogP contribution is 2.40. The largest absolute Gasteiger partial charge is 0.444 e. The van der Waals surface area contributed by atoms with Crippen molar-refractivity contribution < 1.29 is 19.1 Å². The summed E-state index contributed by atoms with van der Waals surface area (Å²) in [4.78, 5) is 64.0. The lowest BCUT2D eigenvalue weighted by Gasteiger charge is -2.30. The number of amides is 2. The van der Waals surface area contributed by atoms with Crippen LogP contribution in [0.2, 0.25) is 5.15 Å². The van der Waals surface area contributed by atoms with Crippen LogP contribution in [-0.2, 0) is 35.4 Å². The summed E-state index contributed by atoms with van der Waals surface area (Å²) < 4.78 is 15.6. The van der Waals surface area contributed by atoms with E-state index in [1.165, 1.54) is 43.9 Å². The lowest BCUT2D eigenvalue weighted by Crippen LogP contribution is -2.40. The van der Waals surface area contributed by atoms with Crippen LogP contribution in [0.4, 0.5) is 27.3 Å². The quantitative estimate of drug-likeness (QED) is 0.157. The van der Waals surface area contributed by atoms with E-state index in [0.717, 1.165) is 92.1 Å². The van der Waals surface area contributed by atoms with Gasteiger partial charge in [-0.2, -0.15) is 9.97 Å². The second kappa shape index (κ2) is 22.0. The van der Waals surface area contributed by atoms with Gasteiger partial charge < -0.3 is 39.5 Å². The van der Waals surface area contributed by atoms with E-state index >= 15 is 0 Å². The molecule has 18 nitrogen and oxygen atoms in total. The lowest BCUT2D eigenvalue weighted by molar-refractivity contribution is 0.0212. The first-order chi connectivity index (χ1) is 36.8. The molecular weight excluding hydrogens is 992 g/mol. The molecule has 0 unspecified atom stereocenters. The number of nitrogens with zero attached hydrogens (tertiary/aromatic N) is 12. The second-order valence-electron chi connectivity index (χ2n) is 23.2. The maximum Gasteiger partial charge on any atom is 0.410 e. The summed E-state index contributed by atoms with van der Waals surface area (Å²) in [7, 11) is 0. The molecule has 404 valence electrons. The molecule has 8 aromatic rings. The van der Waals surface area contributed by atoms with E-state index in [1.807, 2.05) is 103 Å². The predicted molar refractivity (Wildman–Crippen MR) is 301 cm³/mol. The maximum atomic E-state index is 12.5. The molecule has 0 aromatic carbocycles. The zero-order valence-electron chi connectivity index (χ0n) is 45.6. The van der Waals surface area contributed by atoms with Crippen molar-refractivity contribution in [2.45, 2.75) is 156 Å². The monoisotopic (exact) mass is 1060 g/mol. The van der Waals surface area contributed by atoms with Crippen molar-refractivity contribution in [2.24, 2.45) is 11.8 Å². The number of carbonyl (C=O) groups is 2. The van der Waals surface area contributed by atoms with Crippen LogP contribution in [0.15, 0.2) is 73.6 Å². The SMILES string of the molecule is CC(C)(C)OC(=O)N1CCc2nc(Cl)ccc2C1.CC1CCC(n2c3cnccc3c3cnc(N)nc32)CC1.CC1CCC(n2c3cnccc3c3cnc(Nc4ccc5c(n4)CCN(C(=O)OC(C)(C)C)C5)nc32)CC1. The van der Waals surface area contributed by atoms with Gasteiger partial charge in [0.25, 0.3) is 0 Å². The summed E-state index contributed by atoms with van der Waals surface area (Å²) in [6.45, 7) is 18.2. The number of ether oxygens (including phenoxy) is 2. The molecule has 4 aliphatic rings. The van der Waals surface area contributed by atoms with Gasteiger partial charge in [-0.15, -0.1) is 0 Å².